The van der Waals surface area contributed by atoms with Crippen molar-refractivity contribution in [1.29, 1.82) is 0 Å². The number of nitro benzene ring substituents is 1. The second kappa shape index (κ2) is 5.52. The zero-order valence-electron chi connectivity index (χ0n) is 7.10. The van der Waals surface area contributed by atoms with Crippen molar-refractivity contribution in [3.63, 3.8) is 0 Å². The molecule has 0 saturated carbocycles. The molecule has 1 unspecified atom stereocenters. The van der Waals surface area contributed by atoms with Gasteiger partial charge in [0.05, 0.1) is 4.92 Å². The second-order valence-corrected chi connectivity index (χ2v) is 2.99. The molecule has 70 valence electrons. The number of nitro groups is 1. The zero-order chi connectivity index (χ0) is 10.0. The van der Waals surface area contributed by atoms with Crippen LogP contribution in [-0.4, -0.2) is 13.7 Å². The summed E-state index contributed by atoms with van der Waals surface area (Å²) in [6, 6.07) is 2.88. The van der Waals surface area contributed by atoms with Crippen LogP contribution in [0.25, 0.3) is 0 Å². The maximum absolute atomic E-state index is 12.7. The molecule has 0 aliphatic carbocycles. The molecular weight excluding hydrogens is 224 g/mol. The van der Waals surface area contributed by atoms with E-state index in [9.17, 15) is 23.3 Å². The van der Waals surface area contributed by atoms with Crippen LogP contribution in [0, 0.1) is 15.9 Å². The van der Waals surface area contributed by atoms with E-state index >= 15 is 0 Å². The van der Waals surface area contributed by atoms with Gasteiger partial charge in [-0.25, -0.2) is 0 Å². The van der Waals surface area contributed by atoms with E-state index in [1.54, 1.807) is 0 Å². The van der Waals surface area contributed by atoms with Crippen LogP contribution < -0.4 is 29.6 Å². The molecule has 0 heterocycles. The van der Waals surface area contributed by atoms with Crippen LogP contribution in [0.4, 0.5) is 10.1 Å². The van der Waals surface area contributed by atoms with Gasteiger partial charge < -0.3 is 4.55 Å². The van der Waals surface area contributed by atoms with Crippen LogP contribution in [-0.2, 0) is 11.1 Å². The van der Waals surface area contributed by atoms with Crippen molar-refractivity contribution in [1.82, 2.24) is 0 Å². The Morgan fingerprint density at radius 1 is 1.43 bits per heavy atom. The molecule has 5 nitrogen and oxygen atoms in total. The minimum absolute atomic E-state index is 0. The summed E-state index contributed by atoms with van der Waals surface area (Å²) >= 11 is -2.80. The Kier molecular flexibility index (Phi) is 5.38. The molecule has 0 N–H and O–H groups in total. The molecule has 0 spiro atoms. The average molecular weight is 227 g/mol. The normalized spacial score (nSPS) is 11.6. The van der Waals surface area contributed by atoms with E-state index in [-0.39, 0.29) is 29.6 Å². The van der Waals surface area contributed by atoms with Gasteiger partial charge in [-0.3, -0.25) is 14.3 Å². The fraction of sp³-hybridized carbons (Fsp3) is 0. The van der Waals surface area contributed by atoms with E-state index in [1.165, 1.54) is 0 Å². The first-order chi connectivity index (χ1) is 6.04. The quantitative estimate of drug-likeness (QED) is 0.252. The summed E-state index contributed by atoms with van der Waals surface area (Å²) in [5.41, 5.74) is -1.02. The molecule has 0 radical (unpaired) electrons. The third kappa shape index (κ3) is 2.82. The Bertz CT molecular complexity index is 386. The molecule has 0 fully saturated rings. The second-order valence-electron chi connectivity index (χ2n) is 2.08. The molecule has 0 aromatic heterocycles. The van der Waals surface area contributed by atoms with Gasteiger partial charge >= 0.3 is 35.2 Å². The average Bonchev–Trinajstić information content (AvgIpc) is 2.02. The zero-order valence-corrected chi connectivity index (χ0v) is 9.91. The molecule has 8 heteroatoms. The largest absolute Gasteiger partial charge is 1.00 e. The molecule has 1 rings (SSSR count). The van der Waals surface area contributed by atoms with E-state index in [2.05, 4.69) is 0 Å². The maximum Gasteiger partial charge on any atom is 1.00 e. The summed E-state index contributed by atoms with van der Waals surface area (Å²) in [6.07, 6.45) is 0. The van der Waals surface area contributed by atoms with Crippen molar-refractivity contribution in [2.45, 2.75) is 4.90 Å². The smallest absolute Gasteiger partial charge is 0.768 e. The van der Waals surface area contributed by atoms with Crippen molar-refractivity contribution >= 4 is 16.8 Å². The standard InChI is InChI=1S/C6H4FNO4S.Na/c7-4-2-1-3-5(13(11)12)6(4)8(9)10;/h1-3H,(H,11,12);/q;+1/p-1. The van der Waals surface area contributed by atoms with Crippen molar-refractivity contribution < 1.29 is 47.6 Å². The summed E-state index contributed by atoms with van der Waals surface area (Å²) in [6.45, 7) is 0. The van der Waals surface area contributed by atoms with Gasteiger partial charge in [0.25, 0.3) is 0 Å². The number of hydrogen-bond donors (Lipinski definition) is 0. The third-order valence-electron chi connectivity index (χ3n) is 1.31. The number of rotatable bonds is 2. The molecule has 0 aliphatic heterocycles. The number of para-hydroxylation sites is 1. The number of halogens is 1. The number of benzene rings is 1. The van der Waals surface area contributed by atoms with Crippen LogP contribution in [0.1, 0.15) is 0 Å². The molecular formula is C6H3FNNaO4S. The molecule has 0 amide bonds. The van der Waals surface area contributed by atoms with Crippen LogP contribution in [0.3, 0.4) is 0 Å². The van der Waals surface area contributed by atoms with Crippen LogP contribution >= 0.6 is 0 Å². The predicted molar refractivity (Wildman–Crippen MR) is 40.2 cm³/mol. The van der Waals surface area contributed by atoms with Gasteiger partial charge in [-0.15, -0.1) is 0 Å². The van der Waals surface area contributed by atoms with Gasteiger partial charge in [0.2, 0.25) is 5.82 Å². The molecule has 1 atom stereocenters. The molecule has 14 heavy (non-hydrogen) atoms. The van der Waals surface area contributed by atoms with E-state index in [4.69, 9.17) is 0 Å². The van der Waals surface area contributed by atoms with Gasteiger partial charge in [0.1, 0.15) is 4.90 Å². The molecule has 1 aromatic carbocycles. The van der Waals surface area contributed by atoms with E-state index < -0.39 is 32.4 Å². The Balaban J connectivity index is 0.00000169. The van der Waals surface area contributed by atoms with Crippen LogP contribution in [0.15, 0.2) is 23.1 Å². The SMILES string of the molecule is O=[N+]([O-])c1c(F)cccc1S(=O)[O-].[Na+]. The van der Waals surface area contributed by atoms with Gasteiger partial charge in [-0.05, 0) is 23.2 Å². The molecule has 0 aliphatic rings. The van der Waals surface area contributed by atoms with E-state index in [0.29, 0.717) is 0 Å². The predicted octanol–water partition coefficient (Wildman–Crippen LogP) is -2.02. The van der Waals surface area contributed by atoms with Gasteiger partial charge in [-0.2, -0.15) is 4.39 Å². The fourth-order valence-corrected chi connectivity index (χ4v) is 1.33. The first-order valence-corrected chi connectivity index (χ1v) is 4.13. The Labute approximate surface area is 103 Å². The first-order valence-electron chi connectivity index (χ1n) is 3.06. The number of hydrogen-bond acceptors (Lipinski definition) is 4. The van der Waals surface area contributed by atoms with E-state index in [1.807, 2.05) is 0 Å². The summed E-state index contributed by atoms with van der Waals surface area (Å²) in [4.78, 5) is 8.52. The van der Waals surface area contributed by atoms with Crippen molar-refractivity contribution in [2.24, 2.45) is 0 Å². The summed E-state index contributed by atoms with van der Waals surface area (Å²) < 4.78 is 33.6. The van der Waals surface area contributed by atoms with Crippen molar-refractivity contribution in [2.75, 3.05) is 0 Å². The van der Waals surface area contributed by atoms with Crippen LogP contribution in [0.5, 0.6) is 0 Å². The molecule has 1 aromatic rings. The van der Waals surface area contributed by atoms with Crippen LogP contribution in [0.2, 0.25) is 0 Å². The summed E-state index contributed by atoms with van der Waals surface area (Å²) in [5.74, 6) is -1.16. The molecule has 0 saturated heterocycles. The minimum Gasteiger partial charge on any atom is -0.768 e. The van der Waals surface area contributed by atoms with Crippen molar-refractivity contribution in [3.8, 4) is 0 Å². The molecule has 0 bridgehead atoms. The Morgan fingerprint density at radius 2 is 2.00 bits per heavy atom. The first kappa shape index (κ1) is 13.7. The summed E-state index contributed by atoms with van der Waals surface area (Å²) in [7, 11) is 0. The Morgan fingerprint density at radius 3 is 2.36 bits per heavy atom. The minimum atomic E-state index is -2.80. The maximum atomic E-state index is 12.7. The fourth-order valence-electron chi connectivity index (χ4n) is 0.807. The number of nitrogens with zero attached hydrogens (tertiary/aromatic N) is 1. The summed E-state index contributed by atoms with van der Waals surface area (Å²) in [5, 5.41) is 10.2. The van der Waals surface area contributed by atoms with Gasteiger partial charge in [0.15, 0.2) is 0 Å². The third-order valence-corrected chi connectivity index (χ3v) is 2.00. The van der Waals surface area contributed by atoms with Crippen molar-refractivity contribution in [3.05, 3.63) is 34.1 Å². The van der Waals surface area contributed by atoms with Gasteiger partial charge in [-0.1, -0.05) is 6.07 Å². The Hall–Kier alpha value is -0.340. The van der Waals surface area contributed by atoms with E-state index in [0.717, 1.165) is 18.2 Å². The topological polar surface area (TPSA) is 83.3 Å². The monoisotopic (exact) mass is 227 g/mol. The van der Waals surface area contributed by atoms with Gasteiger partial charge in [0, 0.05) is 0 Å².